The number of nitrogens with one attached hydrogen (secondary N) is 1. The zero-order valence-corrected chi connectivity index (χ0v) is 17.3. The van der Waals surface area contributed by atoms with Gasteiger partial charge in [0.25, 0.3) is 5.56 Å². The van der Waals surface area contributed by atoms with Gasteiger partial charge in [0.15, 0.2) is 8.68 Å². The molecule has 132 valence electrons. The van der Waals surface area contributed by atoms with Gasteiger partial charge in [0.1, 0.15) is 10.7 Å². The molecule has 9 heteroatoms. The van der Waals surface area contributed by atoms with Crippen molar-refractivity contribution in [1.29, 1.82) is 0 Å². The van der Waals surface area contributed by atoms with E-state index in [0.717, 1.165) is 43.9 Å². The summed E-state index contributed by atoms with van der Waals surface area (Å²) in [5.74, 6) is 3.01. The third-order valence-corrected chi connectivity index (χ3v) is 8.43. The number of nitrogens with zero attached hydrogens (tertiary/aromatic N) is 3. The van der Waals surface area contributed by atoms with Gasteiger partial charge in [-0.25, -0.2) is 4.98 Å². The Hall–Kier alpha value is -0.900. The van der Waals surface area contributed by atoms with Gasteiger partial charge in [-0.1, -0.05) is 48.7 Å². The minimum Gasteiger partial charge on any atom is -0.309 e. The van der Waals surface area contributed by atoms with Gasteiger partial charge in [-0.05, 0) is 36.5 Å². The van der Waals surface area contributed by atoms with E-state index in [1.54, 1.807) is 46.2 Å². The van der Waals surface area contributed by atoms with Crippen molar-refractivity contribution in [2.24, 2.45) is 5.92 Å². The van der Waals surface area contributed by atoms with Crippen LogP contribution in [-0.2, 0) is 18.6 Å². The normalized spacial score (nSPS) is 17.1. The molecule has 0 aliphatic heterocycles. The van der Waals surface area contributed by atoms with Gasteiger partial charge in [0, 0.05) is 4.88 Å². The number of hydrogen-bond acceptors (Lipinski definition) is 8. The number of hydrogen-bond donors (Lipinski definition) is 1. The molecule has 25 heavy (non-hydrogen) atoms. The number of thiophene rings is 1. The molecule has 0 aromatic carbocycles. The fourth-order valence-corrected chi connectivity index (χ4v) is 7.22. The predicted octanol–water partition coefficient (Wildman–Crippen LogP) is 4.37. The highest BCUT2D eigenvalue weighted by Crippen LogP contribution is 2.36. The summed E-state index contributed by atoms with van der Waals surface area (Å²) >= 11 is 6.56. The zero-order chi connectivity index (χ0) is 17.4. The first-order valence-corrected chi connectivity index (χ1v) is 11.9. The van der Waals surface area contributed by atoms with Crippen LogP contribution in [0.1, 0.15) is 36.5 Å². The summed E-state index contributed by atoms with van der Waals surface area (Å²) in [6.45, 7) is 4.38. The molecular formula is C16H18N4OS4. The Balaban J connectivity index is 1.57. The van der Waals surface area contributed by atoms with E-state index in [4.69, 9.17) is 4.98 Å². The molecule has 0 spiro atoms. The van der Waals surface area contributed by atoms with Crippen molar-refractivity contribution < 1.29 is 0 Å². The van der Waals surface area contributed by atoms with E-state index in [1.807, 2.05) is 0 Å². The van der Waals surface area contributed by atoms with Crippen molar-refractivity contribution in [1.82, 2.24) is 20.2 Å². The molecule has 1 atom stereocenters. The first kappa shape index (κ1) is 17.5. The molecule has 3 aromatic rings. The maximum atomic E-state index is 12.6. The molecule has 4 rings (SSSR count). The van der Waals surface area contributed by atoms with Crippen LogP contribution in [0.15, 0.2) is 13.5 Å². The van der Waals surface area contributed by atoms with Gasteiger partial charge < -0.3 is 4.98 Å². The second kappa shape index (κ2) is 7.38. The lowest BCUT2D eigenvalue weighted by Gasteiger charge is -2.17. The molecule has 0 fully saturated rings. The van der Waals surface area contributed by atoms with E-state index in [2.05, 4.69) is 29.0 Å². The molecule has 1 aliphatic rings. The summed E-state index contributed by atoms with van der Waals surface area (Å²) in [6.07, 6.45) is 3.23. The number of aromatic nitrogens is 4. The van der Waals surface area contributed by atoms with Crippen molar-refractivity contribution in [3.8, 4) is 0 Å². The molecule has 0 amide bonds. The van der Waals surface area contributed by atoms with Crippen molar-refractivity contribution >= 4 is 56.4 Å². The van der Waals surface area contributed by atoms with Crippen molar-refractivity contribution in [3.05, 3.63) is 26.6 Å². The van der Waals surface area contributed by atoms with Gasteiger partial charge in [-0.15, -0.1) is 21.5 Å². The molecule has 3 heterocycles. The fourth-order valence-electron chi connectivity index (χ4n) is 3.03. The van der Waals surface area contributed by atoms with Gasteiger partial charge in [0.2, 0.25) is 0 Å². The Morgan fingerprint density at radius 3 is 2.84 bits per heavy atom. The van der Waals surface area contributed by atoms with E-state index in [1.165, 1.54) is 10.4 Å². The number of fused-ring (bicyclic) bond motifs is 3. The Bertz CT molecular complexity index is 961. The summed E-state index contributed by atoms with van der Waals surface area (Å²) in [5, 5.41) is 9.16. The molecule has 1 aliphatic carbocycles. The summed E-state index contributed by atoms with van der Waals surface area (Å²) in [5.41, 5.74) is 1.24. The Morgan fingerprint density at radius 2 is 2.04 bits per heavy atom. The van der Waals surface area contributed by atoms with Crippen LogP contribution in [0.3, 0.4) is 0 Å². The minimum atomic E-state index is 0.00662. The first-order valence-electron chi connectivity index (χ1n) is 8.26. The highest BCUT2D eigenvalue weighted by Gasteiger charge is 2.23. The van der Waals surface area contributed by atoms with E-state index in [0.29, 0.717) is 17.5 Å². The summed E-state index contributed by atoms with van der Waals surface area (Å²) in [7, 11) is 0. The van der Waals surface area contributed by atoms with Crippen LogP contribution in [0.4, 0.5) is 0 Å². The SMILES string of the molecule is CCSc1nnc(SCc2nc3sc4c(c3c(=O)[nH]2)CC[C@H](C)C4)s1. The van der Waals surface area contributed by atoms with Crippen LogP contribution in [0, 0.1) is 5.92 Å². The second-order valence-electron chi connectivity index (χ2n) is 6.10. The van der Waals surface area contributed by atoms with Crippen LogP contribution in [-0.4, -0.2) is 25.9 Å². The standard InChI is InChI=1S/C16H18N4OS4/c1-3-22-15-19-20-16(25-15)23-7-11-17-13(21)12-9-5-4-8(2)6-10(9)24-14(12)18-11/h8H,3-7H2,1-2H3,(H,17,18,21)/t8-/m0/s1. The monoisotopic (exact) mass is 410 g/mol. The van der Waals surface area contributed by atoms with Crippen molar-refractivity contribution in [2.75, 3.05) is 5.75 Å². The lowest BCUT2D eigenvalue weighted by molar-refractivity contribution is 0.509. The van der Waals surface area contributed by atoms with E-state index in [9.17, 15) is 4.79 Å². The molecule has 3 aromatic heterocycles. The summed E-state index contributed by atoms with van der Waals surface area (Å²) in [4.78, 5) is 22.5. The van der Waals surface area contributed by atoms with E-state index in [-0.39, 0.29) is 5.56 Å². The van der Waals surface area contributed by atoms with E-state index < -0.39 is 0 Å². The maximum Gasteiger partial charge on any atom is 0.259 e. The molecule has 0 saturated heterocycles. The smallest absolute Gasteiger partial charge is 0.259 e. The highest BCUT2D eigenvalue weighted by molar-refractivity contribution is 8.02. The minimum absolute atomic E-state index is 0.00662. The number of H-pyrrole nitrogens is 1. The topological polar surface area (TPSA) is 71.5 Å². The number of aryl methyl sites for hydroxylation is 1. The Kier molecular flexibility index (Phi) is 5.17. The molecule has 1 N–H and O–H groups in total. The molecule has 0 radical (unpaired) electrons. The van der Waals surface area contributed by atoms with Crippen LogP contribution >= 0.6 is 46.2 Å². The quantitative estimate of drug-likeness (QED) is 0.630. The second-order valence-corrected chi connectivity index (χ2v) is 10.9. The van der Waals surface area contributed by atoms with Crippen LogP contribution in [0.2, 0.25) is 0 Å². The first-order chi connectivity index (χ1) is 12.1. The molecule has 0 unspecified atom stereocenters. The van der Waals surface area contributed by atoms with Crippen molar-refractivity contribution in [3.63, 3.8) is 0 Å². The summed E-state index contributed by atoms with van der Waals surface area (Å²) < 4.78 is 1.90. The zero-order valence-electron chi connectivity index (χ0n) is 14.0. The fraction of sp³-hybridized carbons (Fsp3) is 0.500. The van der Waals surface area contributed by atoms with Crippen LogP contribution in [0.5, 0.6) is 0 Å². The average Bonchev–Trinajstić information content (AvgIpc) is 3.16. The Labute approximate surface area is 162 Å². The summed E-state index contributed by atoms with van der Waals surface area (Å²) in [6, 6.07) is 0. The molecule has 0 bridgehead atoms. The molecule has 0 saturated carbocycles. The number of thioether (sulfide) groups is 2. The number of aromatic amines is 1. The van der Waals surface area contributed by atoms with E-state index >= 15 is 0 Å². The predicted molar refractivity (Wildman–Crippen MR) is 107 cm³/mol. The third kappa shape index (κ3) is 3.65. The molecular weight excluding hydrogens is 392 g/mol. The third-order valence-electron chi connectivity index (χ3n) is 4.20. The lowest BCUT2D eigenvalue weighted by atomic mass is 9.89. The van der Waals surface area contributed by atoms with Crippen molar-refractivity contribution in [2.45, 2.75) is 47.5 Å². The number of rotatable bonds is 5. The lowest BCUT2D eigenvalue weighted by Crippen LogP contribution is -2.14. The van der Waals surface area contributed by atoms with Gasteiger partial charge in [0.05, 0.1) is 11.1 Å². The van der Waals surface area contributed by atoms with Gasteiger partial charge in [-0.3, -0.25) is 4.79 Å². The highest BCUT2D eigenvalue weighted by atomic mass is 32.2. The Morgan fingerprint density at radius 1 is 1.24 bits per heavy atom. The van der Waals surface area contributed by atoms with Crippen LogP contribution < -0.4 is 5.56 Å². The molecule has 5 nitrogen and oxygen atoms in total. The maximum absolute atomic E-state index is 12.6. The van der Waals surface area contributed by atoms with Crippen LogP contribution in [0.25, 0.3) is 10.2 Å². The van der Waals surface area contributed by atoms with Gasteiger partial charge >= 0.3 is 0 Å². The van der Waals surface area contributed by atoms with Gasteiger partial charge in [-0.2, -0.15) is 0 Å². The average molecular weight is 411 g/mol. The largest absolute Gasteiger partial charge is 0.309 e.